The molecule has 0 saturated carbocycles. The number of carbonyl (C=O) groups excluding carboxylic acids is 1. The molecule has 0 saturated heterocycles. The van der Waals surface area contributed by atoms with Gasteiger partial charge in [0.2, 0.25) is 0 Å². The third-order valence-corrected chi connectivity index (χ3v) is 3.76. The lowest BCUT2D eigenvalue weighted by atomic mass is 9.87. The van der Waals surface area contributed by atoms with E-state index in [1.165, 1.54) is 5.56 Å². The number of aromatic nitrogens is 2. The second-order valence-electron chi connectivity index (χ2n) is 8.04. The van der Waals surface area contributed by atoms with Crippen molar-refractivity contribution in [2.75, 3.05) is 5.32 Å². The molecule has 0 atom stereocenters. The van der Waals surface area contributed by atoms with E-state index >= 15 is 0 Å². The van der Waals surface area contributed by atoms with Crippen molar-refractivity contribution in [2.24, 2.45) is 0 Å². The van der Waals surface area contributed by atoms with Gasteiger partial charge in [-0.15, -0.1) is 0 Å². The fourth-order valence-corrected chi connectivity index (χ4v) is 2.51. The predicted octanol–water partition coefficient (Wildman–Crippen LogP) is 4.50. The summed E-state index contributed by atoms with van der Waals surface area (Å²) < 4.78 is 1.88. The fourth-order valence-electron chi connectivity index (χ4n) is 2.51. The Morgan fingerprint density at radius 3 is 2.04 bits per heavy atom. The fraction of sp³-hybridized carbons (Fsp3) is 0.474. The van der Waals surface area contributed by atoms with Crippen LogP contribution in [0.3, 0.4) is 0 Å². The second kappa shape index (κ2) is 5.84. The quantitative estimate of drug-likeness (QED) is 0.887. The van der Waals surface area contributed by atoms with Gasteiger partial charge in [0.05, 0.1) is 5.54 Å². The van der Waals surface area contributed by atoms with E-state index in [-0.39, 0.29) is 16.9 Å². The molecule has 0 fully saturated rings. The van der Waals surface area contributed by atoms with E-state index in [4.69, 9.17) is 0 Å². The van der Waals surface area contributed by atoms with Gasteiger partial charge in [0.25, 0.3) is 5.91 Å². The summed E-state index contributed by atoms with van der Waals surface area (Å²) in [6.45, 7) is 14.7. The average molecular weight is 313 g/mol. The summed E-state index contributed by atoms with van der Waals surface area (Å²) in [5.41, 5.74) is 3.40. The minimum Gasteiger partial charge on any atom is -0.321 e. The first-order chi connectivity index (χ1) is 10.5. The number of hydrogen-bond donors (Lipinski definition) is 1. The number of rotatable bonds is 2. The van der Waals surface area contributed by atoms with Crippen LogP contribution in [0.5, 0.6) is 0 Å². The highest BCUT2D eigenvalue weighted by molar-refractivity contribution is 6.02. The summed E-state index contributed by atoms with van der Waals surface area (Å²) in [4.78, 5) is 12.4. The molecule has 0 aliphatic heterocycles. The molecule has 1 amide bonds. The molecule has 0 radical (unpaired) electrons. The van der Waals surface area contributed by atoms with Crippen LogP contribution in [-0.2, 0) is 11.0 Å². The predicted molar refractivity (Wildman–Crippen MR) is 95.1 cm³/mol. The van der Waals surface area contributed by atoms with Crippen LogP contribution >= 0.6 is 0 Å². The van der Waals surface area contributed by atoms with Gasteiger partial charge in [0.1, 0.15) is 0 Å². The molecular formula is C19H27N3O. The highest BCUT2D eigenvalue weighted by atomic mass is 16.1. The molecule has 124 valence electrons. The molecule has 1 N–H and O–H groups in total. The number of benzene rings is 1. The van der Waals surface area contributed by atoms with Crippen LogP contribution in [0.15, 0.2) is 30.3 Å². The van der Waals surface area contributed by atoms with E-state index in [0.717, 1.165) is 11.4 Å². The zero-order valence-corrected chi connectivity index (χ0v) is 15.2. The molecule has 0 aliphatic carbocycles. The van der Waals surface area contributed by atoms with Crippen molar-refractivity contribution in [3.8, 4) is 0 Å². The van der Waals surface area contributed by atoms with E-state index in [1.807, 2.05) is 29.8 Å². The smallest absolute Gasteiger partial charge is 0.276 e. The van der Waals surface area contributed by atoms with Crippen LogP contribution in [0, 0.1) is 6.92 Å². The number of nitrogens with zero attached hydrogens (tertiary/aromatic N) is 2. The lowest BCUT2D eigenvalue weighted by Crippen LogP contribution is -2.25. The van der Waals surface area contributed by atoms with Gasteiger partial charge < -0.3 is 5.32 Å². The number of aryl methyl sites for hydroxylation is 1. The van der Waals surface area contributed by atoms with Crippen LogP contribution in [0.2, 0.25) is 0 Å². The summed E-state index contributed by atoms with van der Waals surface area (Å²) in [5, 5.41) is 7.35. The molecule has 4 nitrogen and oxygen atoms in total. The molecule has 0 aliphatic rings. The van der Waals surface area contributed by atoms with E-state index < -0.39 is 0 Å². The summed E-state index contributed by atoms with van der Waals surface area (Å²) in [7, 11) is 0. The maximum Gasteiger partial charge on any atom is 0.276 e. The van der Waals surface area contributed by atoms with Crippen LogP contribution in [0.25, 0.3) is 0 Å². The van der Waals surface area contributed by atoms with Gasteiger partial charge in [-0.3, -0.25) is 9.48 Å². The molecule has 0 unspecified atom stereocenters. The van der Waals surface area contributed by atoms with Crippen molar-refractivity contribution in [3.63, 3.8) is 0 Å². The minimum absolute atomic E-state index is 0.102. The molecule has 0 bridgehead atoms. The summed E-state index contributed by atoms with van der Waals surface area (Å²) in [6, 6.07) is 9.80. The maximum atomic E-state index is 12.4. The Morgan fingerprint density at radius 1 is 1.04 bits per heavy atom. The molecule has 1 aromatic carbocycles. The first-order valence-corrected chi connectivity index (χ1v) is 7.97. The Morgan fingerprint density at radius 2 is 1.61 bits per heavy atom. The normalized spacial score (nSPS) is 12.3. The van der Waals surface area contributed by atoms with Crippen LogP contribution in [0.4, 0.5) is 5.69 Å². The largest absolute Gasteiger partial charge is 0.321 e. The topological polar surface area (TPSA) is 46.9 Å². The maximum absolute atomic E-state index is 12.4. The number of carbonyl (C=O) groups is 1. The highest BCUT2D eigenvalue weighted by Crippen LogP contribution is 2.24. The summed E-state index contributed by atoms with van der Waals surface area (Å²) in [5.74, 6) is -0.181. The second-order valence-corrected chi connectivity index (χ2v) is 8.04. The molecule has 2 rings (SSSR count). The first kappa shape index (κ1) is 17.3. The Balaban J connectivity index is 2.17. The Hall–Kier alpha value is -2.10. The summed E-state index contributed by atoms with van der Waals surface area (Å²) in [6.07, 6.45) is 0. The lowest BCUT2D eigenvalue weighted by molar-refractivity contribution is 0.102. The highest BCUT2D eigenvalue weighted by Gasteiger charge is 2.20. The molecule has 23 heavy (non-hydrogen) atoms. The van der Waals surface area contributed by atoms with Crippen molar-refractivity contribution in [1.82, 2.24) is 9.78 Å². The van der Waals surface area contributed by atoms with Crippen molar-refractivity contribution in [1.29, 1.82) is 0 Å². The Bertz CT molecular complexity index is 698. The van der Waals surface area contributed by atoms with Gasteiger partial charge in [-0.1, -0.05) is 32.9 Å². The van der Waals surface area contributed by atoms with Crippen molar-refractivity contribution in [3.05, 3.63) is 47.3 Å². The van der Waals surface area contributed by atoms with Crippen molar-refractivity contribution >= 4 is 11.6 Å². The third kappa shape index (κ3) is 4.01. The van der Waals surface area contributed by atoms with Crippen LogP contribution in [-0.4, -0.2) is 15.7 Å². The van der Waals surface area contributed by atoms with E-state index in [0.29, 0.717) is 5.69 Å². The van der Waals surface area contributed by atoms with Crippen molar-refractivity contribution < 1.29 is 4.79 Å². The number of hydrogen-bond acceptors (Lipinski definition) is 2. The Labute approximate surface area is 138 Å². The molecular weight excluding hydrogens is 286 g/mol. The van der Waals surface area contributed by atoms with E-state index in [1.54, 1.807) is 0 Å². The van der Waals surface area contributed by atoms with Gasteiger partial charge in [0, 0.05) is 11.4 Å². The Kier molecular flexibility index (Phi) is 4.38. The molecule has 1 heterocycles. The summed E-state index contributed by atoms with van der Waals surface area (Å²) >= 11 is 0. The lowest BCUT2D eigenvalue weighted by Gasteiger charge is -2.21. The SMILES string of the molecule is Cc1cc(C(=O)Nc2ccc(C(C)(C)C)cc2)nn1C(C)(C)C. The minimum atomic E-state index is -0.181. The zero-order chi connectivity index (χ0) is 17.4. The standard InChI is InChI=1S/C19H27N3O/c1-13-12-16(21-22(13)19(5,6)7)17(23)20-15-10-8-14(9-11-15)18(2,3)4/h8-12H,1-7H3,(H,20,23). The van der Waals surface area contributed by atoms with E-state index in [9.17, 15) is 4.79 Å². The molecule has 1 aromatic heterocycles. The van der Waals surface area contributed by atoms with Crippen molar-refractivity contribution in [2.45, 2.75) is 59.4 Å². The monoisotopic (exact) mass is 313 g/mol. The van der Waals surface area contributed by atoms with Gasteiger partial charge >= 0.3 is 0 Å². The van der Waals surface area contributed by atoms with Crippen LogP contribution < -0.4 is 5.32 Å². The molecule has 2 aromatic rings. The van der Waals surface area contributed by atoms with Gasteiger partial charge in [-0.05, 0) is 56.9 Å². The van der Waals surface area contributed by atoms with Crippen LogP contribution in [0.1, 0.15) is 63.3 Å². The number of amides is 1. The first-order valence-electron chi connectivity index (χ1n) is 7.97. The third-order valence-electron chi connectivity index (χ3n) is 3.76. The van der Waals surface area contributed by atoms with Gasteiger partial charge in [0.15, 0.2) is 5.69 Å². The van der Waals surface area contributed by atoms with E-state index in [2.05, 4.69) is 64.1 Å². The number of nitrogens with one attached hydrogen (secondary N) is 1. The molecule has 0 spiro atoms. The number of anilines is 1. The molecule has 4 heteroatoms. The zero-order valence-electron chi connectivity index (χ0n) is 15.2. The van der Waals surface area contributed by atoms with Gasteiger partial charge in [-0.2, -0.15) is 5.10 Å². The van der Waals surface area contributed by atoms with Gasteiger partial charge in [-0.25, -0.2) is 0 Å². The average Bonchev–Trinajstić information content (AvgIpc) is 2.80.